The van der Waals surface area contributed by atoms with Crippen LogP contribution in [0.4, 0.5) is 11.4 Å². The van der Waals surface area contributed by atoms with E-state index in [1.165, 1.54) is 12.1 Å². The minimum Gasteiger partial charge on any atom is -0.506 e. The van der Waals surface area contributed by atoms with Crippen LogP contribution in [-0.2, 0) is 11.3 Å². The first-order valence-electron chi connectivity index (χ1n) is 5.79. The van der Waals surface area contributed by atoms with Crippen LogP contribution in [0, 0.1) is 10.1 Å². The topological polar surface area (TPSA) is 110 Å². The van der Waals surface area contributed by atoms with Crippen molar-refractivity contribution in [2.75, 3.05) is 5.32 Å². The number of phenols is 1. The lowest BCUT2D eigenvalue weighted by Gasteiger charge is -2.07. The van der Waals surface area contributed by atoms with Gasteiger partial charge in [0.15, 0.2) is 0 Å². The molecule has 1 aromatic heterocycles. The van der Waals surface area contributed by atoms with Crippen molar-refractivity contribution in [3.05, 3.63) is 47.0 Å². The van der Waals surface area contributed by atoms with Gasteiger partial charge in [0.1, 0.15) is 5.75 Å². The fourth-order valence-electron chi connectivity index (χ4n) is 1.60. The number of amides is 1. The number of nitro groups is 1. The molecular formula is C12H12N4O4. The number of hydrogen-bond donors (Lipinski definition) is 2. The molecule has 20 heavy (non-hydrogen) atoms. The number of imidazole rings is 1. The highest BCUT2D eigenvalue weighted by molar-refractivity contribution is 5.92. The van der Waals surface area contributed by atoms with E-state index in [4.69, 9.17) is 0 Å². The van der Waals surface area contributed by atoms with Crippen molar-refractivity contribution >= 4 is 17.3 Å². The molecule has 0 bridgehead atoms. The highest BCUT2D eigenvalue weighted by atomic mass is 16.6. The average Bonchev–Trinajstić information content (AvgIpc) is 2.91. The van der Waals surface area contributed by atoms with Crippen molar-refractivity contribution in [3.8, 4) is 5.75 Å². The standard InChI is InChI=1S/C12H12N4O4/c17-11-7-9(16(19)20)1-2-10(11)14-12(18)3-5-15-6-4-13-8-15/h1-2,4,6-8,17H,3,5H2,(H,14,18). The molecule has 1 aromatic carbocycles. The van der Waals surface area contributed by atoms with Crippen LogP contribution in [0.25, 0.3) is 0 Å². The molecule has 0 radical (unpaired) electrons. The van der Waals surface area contributed by atoms with Crippen LogP contribution >= 0.6 is 0 Å². The number of nitrogens with zero attached hydrogens (tertiary/aromatic N) is 3. The molecule has 0 saturated carbocycles. The van der Waals surface area contributed by atoms with Crippen LogP contribution in [0.5, 0.6) is 5.75 Å². The van der Waals surface area contributed by atoms with Gasteiger partial charge in [-0.2, -0.15) is 0 Å². The Balaban J connectivity index is 1.95. The quantitative estimate of drug-likeness (QED) is 0.488. The van der Waals surface area contributed by atoms with Gasteiger partial charge < -0.3 is 15.0 Å². The number of carbonyl (C=O) groups is 1. The Hall–Kier alpha value is -2.90. The van der Waals surface area contributed by atoms with E-state index in [-0.39, 0.29) is 29.5 Å². The summed E-state index contributed by atoms with van der Waals surface area (Å²) in [5, 5.41) is 22.6. The number of phenolic OH excluding ortho intramolecular Hbond substituents is 1. The Morgan fingerprint density at radius 3 is 2.90 bits per heavy atom. The molecule has 1 heterocycles. The number of hydrogen-bond acceptors (Lipinski definition) is 5. The van der Waals surface area contributed by atoms with E-state index < -0.39 is 4.92 Å². The first kappa shape index (κ1) is 13.5. The number of carbonyl (C=O) groups excluding carboxylic acids is 1. The number of nitro benzene ring substituents is 1. The minimum absolute atomic E-state index is 0.145. The summed E-state index contributed by atoms with van der Waals surface area (Å²) >= 11 is 0. The Kier molecular flexibility index (Phi) is 3.94. The van der Waals surface area contributed by atoms with Crippen molar-refractivity contribution in [2.24, 2.45) is 0 Å². The third-order valence-corrected chi connectivity index (χ3v) is 2.62. The fourth-order valence-corrected chi connectivity index (χ4v) is 1.60. The molecule has 0 aliphatic carbocycles. The Labute approximate surface area is 113 Å². The maximum absolute atomic E-state index is 11.7. The van der Waals surface area contributed by atoms with Gasteiger partial charge in [-0.05, 0) is 6.07 Å². The summed E-state index contributed by atoms with van der Waals surface area (Å²) in [5.74, 6) is -0.641. The summed E-state index contributed by atoms with van der Waals surface area (Å²) < 4.78 is 1.75. The van der Waals surface area contributed by atoms with Crippen molar-refractivity contribution in [2.45, 2.75) is 13.0 Å². The van der Waals surface area contributed by atoms with E-state index in [0.29, 0.717) is 6.54 Å². The first-order valence-corrected chi connectivity index (χ1v) is 5.79. The van der Waals surface area contributed by atoms with Gasteiger partial charge in [-0.3, -0.25) is 14.9 Å². The van der Waals surface area contributed by atoms with Gasteiger partial charge in [-0.15, -0.1) is 0 Å². The molecule has 0 unspecified atom stereocenters. The normalized spacial score (nSPS) is 10.2. The first-order chi connectivity index (χ1) is 9.56. The van der Waals surface area contributed by atoms with E-state index in [1.54, 1.807) is 23.3 Å². The molecule has 0 fully saturated rings. The maximum atomic E-state index is 11.7. The third-order valence-electron chi connectivity index (χ3n) is 2.62. The third kappa shape index (κ3) is 3.31. The lowest BCUT2D eigenvalue weighted by molar-refractivity contribution is -0.384. The van der Waals surface area contributed by atoms with Crippen LogP contribution < -0.4 is 5.32 Å². The van der Waals surface area contributed by atoms with Crippen LogP contribution in [0.3, 0.4) is 0 Å². The summed E-state index contributed by atoms with van der Waals surface area (Å²) in [6.07, 6.45) is 5.14. The van der Waals surface area contributed by atoms with E-state index >= 15 is 0 Å². The Morgan fingerprint density at radius 2 is 2.30 bits per heavy atom. The summed E-state index contributed by atoms with van der Waals surface area (Å²) in [4.78, 5) is 25.4. The SMILES string of the molecule is O=C(CCn1ccnc1)Nc1ccc([N+](=O)[O-])cc1O. The molecule has 0 saturated heterocycles. The predicted octanol–water partition coefficient (Wildman–Crippen LogP) is 1.53. The van der Waals surface area contributed by atoms with Crippen molar-refractivity contribution in [3.63, 3.8) is 0 Å². The second kappa shape index (κ2) is 5.83. The van der Waals surface area contributed by atoms with Gasteiger partial charge in [0, 0.05) is 31.4 Å². The molecule has 1 amide bonds. The summed E-state index contributed by atoms with van der Waals surface area (Å²) in [6.45, 7) is 0.458. The van der Waals surface area contributed by atoms with E-state index in [2.05, 4.69) is 10.3 Å². The number of rotatable bonds is 5. The summed E-state index contributed by atoms with van der Waals surface area (Å²) in [7, 11) is 0. The van der Waals surface area contributed by atoms with E-state index in [1.807, 2.05) is 0 Å². The van der Waals surface area contributed by atoms with Gasteiger partial charge in [0.05, 0.1) is 23.0 Å². The number of aromatic nitrogens is 2. The molecular weight excluding hydrogens is 264 g/mol. The molecule has 104 valence electrons. The molecule has 0 spiro atoms. The van der Waals surface area contributed by atoms with Crippen molar-refractivity contribution < 1.29 is 14.8 Å². The van der Waals surface area contributed by atoms with E-state index in [0.717, 1.165) is 6.07 Å². The molecule has 8 heteroatoms. The zero-order valence-electron chi connectivity index (χ0n) is 10.4. The van der Waals surface area contributed by atoms with Gasteiger partial charge in [-0.25, -0.2) is 4.98 Å². The van der Waals surface area contributed by atoms with Gasteiger partial charge in [0.25, 0.3) is 5.69 Å². The molecule has 2 rings (SSSR count). The number of non-ortho nitro benzene ring substituents is 1. The summed E-state index contributed by atoms with van der Waals surface area (Å²) in [5.41, 5.74) is -0.0925. The monoisotopic (exact) mass is 276 g/mol. The van der Waals surface area contributed by atoms with Gasteiger partial charge in [-0.1, -0.05) is 0 Å². The molecule has 2 aromatic rings. The highest BCUT2D eigenvalue weighted by Crippen LogP contribution is 2.27. The Bertz CT molecular complexity index is 624. The smallest absolute Gasteiger partial charge is 0.273 e. The number of aryl methyl sites for hydroxylation is 1. The van der Waals surface area contributed by atoms with Crippen LogP contribution in [0.2, 0.25) is 0 Å². The van der Waals surface area contributed by atoms with Crippen LogP contribution in [0.1, 0.15) is 6.42 Å². The van der Waals surface area contributed by atoms with Crippen LogP contribution in [0.15, 0.2) is 36.9 Å². The summed E-state index contributed by atoms with van der Waals surface area (Å²) in [6, 6.07) is 3.50. The van der Waals surface area contributed by atoms with Gasteiger partial charge in [0.2, 0.25) is 5.91 Å². The number of anilines is 1. The molecule has 0 atom stereocenters. The maximum Gasteiger partial charge on any atom is 0.273 e. The highest BCUT2D eigenvalue weighted by Gasteiger charge is 2.12. The van der Waals surface area contributed by atoms with Crippen molar-refractivity contribution in [1.29, 1.82) is 0 Å². The lowest BCUT2D eigenvalue weighted by Crippen LogP contribution is -2.14. The second-order valence-electron chi connectivity index (χ2n) is 4.06. The molecule has 0 aliphatic rings. The molecule has 2 N–H and O–H groups in total. The number of nitrogens with one attached hydrogen (secondary N) is 1. The lowest BCUT2D eigenvalue weighted by atomic mass is 10.2. The molecule has 8 nitrogen and oxygen atoms in total. The zero-order chi connectivity index (χ0) is 14.5. The predicted molar refractivity (Wildman–Crippen MR) is 70.2 cm³/mol. The Morgan fingerprint density at radius 1 is 1.50 bits per heavy atom. The zero-order valence-corrected chi connectivity index (χ0v) is 10.4. The van der Waals surface area contributed by atoms with Crippen molar-refractivity contribution in [1.82, 2.24) is 9.55 Å². The second-order valence-corrected chi connectivity index (χ2v) is 4.06. The number of aromatic hydroxyl groups is 1. The molecule has 0 aliphatic heterocycles. The van der Waals surface area contributed by atoms with E-state index in [9.17, 15) is 20.0 Å². The minimum atomic E-state index is -0.621. The van der Waals surface area contributed by atoms with Gasteiger partial charge >= 0.3 is 0 Å². The fraction of sp³-hybridized carbons (Fsp3) is 0.167. The largest absolute Gasteiger partial charge is 0.506 e. The number of benzene rings is 1. The van der Waals surface area contributed by atoms with Crippen LogP contribution in [-0.4, -0.2) is 25.5 Å². The average molecular weight is 276 g/mol.